The summed E-state index contributed by atoms with van der Waals surface area (Å²) >= 11 is 5.98. The minimum absolute atomic E-state index is 0.0328. The molecule has 2 aromatic heterocycles. The molecule has 0 aliphatic carbocycles. The summed E-state index contributed by atoms with van der Waals surface area (Å²) in [6.45, 7) is 0.395. The highest BCUT2D eigenvalue weighted by atomic mass is 35.5. The Bertz CT molecular complexity index is 891. The van der Waals surface area contributed by atoms with Crippen molar-refractivity contribution >= 4 is 34.6 Å². The summed E-state index contributed by atoms with van der Waals surface area (Å²) in [6.07, 6.45) is 2.77. The molecule has 0 aliphatic rings. The molecule has 0 amide bonds. The Kier molecular flexibility index (Phi) is 5.00. The van der Waals surface area contributed by atoms with Crippen LogP contribution in [-0.2, 0) is 6.54 Å². The van der Waals surface area contributed by atoms with Gasteiger partial charge in [-0.3, -0.25) is 10.1 Å². The molecule has 3 rings (SSSR count). The highest BCUT2D eigenvalue weighted by molar-refractivity contribution is 6.32. The lowest BCUT2D eigenvalue weighted by molar-refractivity contribution is -0.383. The van der Waals surface area contributed by atoms with Gasteiger partial charge in [0.1, 0.15) is 6.33 Å². The van der Waals surface area contributed by atoms with Gasteiger partial charge in [-0.1, -0.05) is 41.9 Å². The predicted octanol–water partition coefficient (Wildman–Crippen LogP) is 3.79. The van der Waals surface area contributed by atoms with Crippen molar-refractivity contribution in [1.29, 1.82) is 0 Å². The van der Waals surface area contributed by atoms with Crippen LogP contribution >= 0.6 is 11.6 Å². The molecule has 2 N–H and O–H groups in total. The van der Waals surface area contributed by atoms with Gasteiger partial charge in [0.2, 0.25) is 11.6 Å². The predicted molar refractivity (Wildman–Crippen MR) is 95.0 cm³/mol. The Morgan fingerprint density at radius 3 is 2.52 bits per heavy atom. The van der Waals surface area contributed by atoms with Crippen LogP contribution < -0.4 is 10.6 Å². The standard InChI is InChI=1S/C16H13ClN6O2/c17-14-12(7-4-8-18-14)22-16-13(23(24)25)15(20-10-21-16)19-9-11-5-2-1-3-6-11/h1-8,10H,9H2,(H2,19,20,21,22). The van der Waals surface area contributed by atoms with Gasteiger partial charge in [0.15, 0.2) is 5.15 Å². The summed E-state index contributed by atoms with van der Waals surface area (Å²) in [7, 11) is 0. The Morgan fingerprint density at radius 2 is 1.80 bits per heavy atom. The Labute approximate surface area is 148 Å². The maximum Gasteiger partial charge on any atom is 0.353 e. The highest BCUT2D eigenvalue weighted by Gasteiger charge is 2.23. The van der Waals surface area contributed by atoms with Crippen molar-refractivity contribution in [2.75, 3.05) is 10.6 Å². The van der Waals surface area contributed by atoms with Crippen LogP contribution in [0.2, 0.25) is 5.15 Å². The summed E-state index contributed by atoms with van der Waals surface area (Å²) in [5.74, 6) is 0.150. The quantitative estimate of drug-likeness (QED) is 0.393. The van der Waals surface area contributed by atoms with Gasteiger partial charge in [-0.05, 0) is 17.7 Å². The van der Waals surface area contributed by atoms with E-state index in [9.17, 15) is 10.1 Å². The first-order valence-corrected chi connectivity index (χ1v) is 7.67. The van der Waals surface area contributed by atoms with E-state index in [4.69, 9.17) is 11.6 Å². The topological polar surface area (TPSA) is 106 Å². The highest BCUT2D eigenvalue weighted by Crippen LogP contribution is 2.32. The number of aromatic nitrogens is 3. The summed E-state index contributed by atoms with van der Waals surface area (Å²) in [5.41, 5.74) is 1.12. The van der Waals surface area contributed by atoms with Gasteiger partial charge in [-0.25, -0.2) is 15.0 Å². The number of pyridine rings is 1. The van der Waals surface area contributed by atoms with E-state index < -0.39 is 4.92 Å². The monoisotopic (exact) mass is 356 g/mol. The van der Waals surface area contributed by atoms with Crippen molar-refractivity contribution in [2.45, 2.75) is 6.54 Å². The third-order valence-corrected chi connectivity index (χ3v) is 3.62. The first kappa shape index (κ1) is 16.6. The average molecular weight is 357 g/mol. The lowest BCUT2D eigenvalue weighted by Gasteiger charge is -2.10. The number of nitrogens with zero attached hydrogens (tertiary/aromatic N) is 4. The van der Waals surface area contributed by atoms with Gasteiger partial charge >= 0.3 is 5.69 Å². The van der Waals surface area contributed by atoms with Crippen molar-refractivity contribution < 1.29 is 4.92 Å². The van der Waals surface area contributed by atoms with Gasteiger partial charge in [0.05, 0.1) is 10.6 Å². The molecule has 25 heavy (non-hydrogen) atoms. The number of benzene rings is 1. The number of rotatable bonds is 6. The van der Waals surface area contributed by atoms with Crippen molar-refractivity contribution in [2.24, 2.45) is 0 Å². The van der Waals surface area contributed by atoms with Crippen LogP contribution in [0.25, 0.3) is 0 Å². The molecule has 0 unspecified atom stereocenters. The molecular weight excluding hydrogens is 344 g/mol. The SMILES string of the molecule is O=[N+]([O-])c1c(NCc2ccccc2)ncnc1Nc1cccnc1Cl. The fourth-order valence-electron chi connectivity index (χ4n) is 2.16. The number of hydrogen-bond acceptors (Lipinski definition) is 7. The molecule has 0 fully saturated rings. The Hall–Kier alpha value is -3.26. The van der Waals surface area contributed by atoms with Gasteiger partial charge in [-0.15, -0.1) is 0 Å². The van der Waals surface area contributed by atoms with E-state index in [1.165, 1.54) is 12.5 Å². The Morgan fingerprint density at radius 1 is 1.04 bits per heavy atom. The lowest BCUT2D eigenvalue weighted by Crippen LogP contribution is -2.08. The smallest absolute Gasteiger partial charge is 0.353 e. The summed E-state index contributed by atoms with van der Waals surface area (Å²) in [5, 5.41) is 17.5. The fraction of sp³-hybridized carbons (Fsp3) is 0.0625. The lowest BCUT2D eigenvalue weighted by atomic mass is 10.2. The molecule has 0 saturated heterocycles. The number of nitro groups is 1. The molecule has 3 aromatic rings. The third-order valence-electron chi connectivity index (χ3n) is 3.32. The van der Waals surface area contributed by atoms with Crippen LogP contribution in [0.5, 0.6) is 0 Å². The second kappa shape index (κ2) is 7.54. The zero-order chi connectivity index (χ0) is 17.6. The van der Waals surface area contributed by atoms with Gasteiger partial charge in [-0.2, -0.15) is 0 Å². The molecule has 0 bridgehead atoms. The Balaban J connectivity index is 1.89. The van der Waals surface area contributed by atoms with Crippen LogP contribution in [0.15, 0.2) is 55.0 Å². The van der Waals surface area contributed by atoms with E-state index in [0.29, 0.717) is 12.2 Å². The molecule has 8 nitrogen and oxygen atoms in total. The molecule has 0 saturated carbocycles. The minimum atomic E-state index is -0.542. The van der Waals surface area contributed by atoms with E-state index >= 15 is 0 Å². The van der Waals surface area contributed by atoms with Crippen molar-refractivity contribution in [1.82, 2.24) is 15.0 Å². The maximum absolute atomic E-state index is 11.5. The van der Waals surface area contributed by atoms with Crippen molar-refractivity contribution in [3.05, 3.63) is 75.8 Å². The number of anilines is 3. The van der Waals surface area contributed by atoms with Gasteiger partial charge in [0, 0.05) is 12.7 Å². The van der Waals surface area contributed by atoms with E-state index in [1.54, 1.807) is 12.1 Å². The molecule has 126 valence electrons. The zero-order valence-corrected chi connectivity index (χ0v) is 13.6. The van der Waals surface area contributed by atoms with Gasteiger partial charge in [0.25, 0.3) is 0 Å². The molecule has 1 aromatic carbocycles. The molecule has 2 heterocycles. The molecule has 0 aliphatic heterocycles. The minimum Gasteiger partial charge on any atom is -0.360 e. The van der Waals surface area contributed by atoms with Gasteiger partial charge < -0.3 is 10.6 Å². The van der Waals surface area contributed by atoms with Crippen molar-refractivity contribution in [3.63, 3.8) is 0 Å². The van der Waals surface area contributed by atoms with E-state index in [-0.39, 0.29) is 22.5 Å². The summed E-state index contributed by atoms with van der Waals surface area (Å²) in [6, 6.07) is 12.8. The molecule has 0 atom stereocenters. The molecule has 0 radical (unpaired) electrons. The van der Waals surface area contributed by atoms with Crippen LogP contribution in [0.3, 0.4) is 0 Å². The van der Waals surface area contributed by atoms with E-state index in [2.05, 4.69) is 25.6 Å². The molecule has 0 spiro atoms. The second-order valence-corrected chi connectivity index (χ2v) is 5.34. The van der Waals surface area contributed by atoms with E-state index in [0.717, 1.165) is 5.56 Å². The first-order valence-electron chi connectivity index (χ1n) is 7.30. The summed E-state index contributed by atoms with van der Waals surface area (Å²) < 4.78 is 0. The van der Waals surface area contributed by atoms with Crippen LogP contribution in [0, 0.1) is 10.1 Å². The zero-order valence-electron chi connectivity index (χ0n) is 12.9. The first-order chi connectivity index (χ1) is 12.1. The average Bonchev–Trinajstić information content (AvgIpc) is 2.62. The number of nitrogens with one attached hydrogen (secondary N) is 2. The van der Waals surface area contributed by atoms with Crippen molar-refractivity contribution in [3.8, 4) is 0 Å². The third kappa shape index (κ3) is 3.99. The maximum atomic E-state index is 11.5. The largest absolute Gasteiger partial charge is 0.360 e. The van der Waals surface area contributed by atoms with Crippen LogP contribution in [0.4, 0.5) is 23.0 Å². The normalized spacial score (nSPS) is 10.3. The fourth-order valence-corrected chi connectivity index (χ4v) is 2.33. The molecular formula is C16H13ClN6O2. The second-order valence-electron chi connectivity index (χ2n) is 4.98. The van der Waals surface area contributed by atoms with Crippen LogP contribution in [0.1, 0.15) is 5.56 Å². The summed E-state index contributed by atoms with van der Waals surface area (Å²) in [4.78, 5) is 22.9. The van der Waals surface area contributed by atoms with E-state index in [1.807, 2.05) is 30.3 Å². The van der Waals surface area contributed by atoms with Crippen LogP contribution in [-0.4, -0.2) is 19.9 Å². The molecule has 9 heteroatoms. The number of halogens is 1. The number of hydrogen-bond donors (Lipinski definition) is 2.